The fraction of sp³-hybridized carbons (Fsp3) is 0.400. The Morgan fingerprint density at radius 3 is 2.33 bits per heavy atom. The molecule has 0 aliphatic heterocycles. The van der Waals surface area contributed by atoms with Gasteiger partial charge in [-0.25, -0.2) is 4.39 Å². The maximum atomic E-state index is 13.1. The number of hydrogen-bond donors (Lipinski definition) is 1. The summed E-state index contributed by atoms with van der Waals surface area (Å²) in [5.74, 6) is -0.245. The van der Waals surface area contributed by atoms with E-state index in [2.05, 4.69) is 0 Å². The van der Waals surface area contributed by atoms with E-state index >= 15 is 0 Å². The summed E-state index contributed by atoms with van der Waals surface area (Å²) < 4.78 is 13.1. The molecule has 2 heteroatoms. The van der Waals surface area contributed by atoms with Gasteiger partial charge in [-0.05, 0) is 43.5 Å². The molecule has 1 aromatic carbocycles. The number of hydrogen-bond acceptors (Lipinski definition) is 1. The number of aliphatic hydroxyl groups excluding tert-OH is 1. The molecule has 66 valence electrons. The normalized spacial score (nSPS) is 13.1. The second-order valence-electron chi connectivity index (χ2n) is 3.12. The van der Waals surface area contributed by atoms with Crippen molar-refractivity contribution in [2.45, 2.75) is 26.9 Å². The zero-order valence-corrected chi connectivity index (χ0v) is 7.56. The molecule has 1 N–H and O–H groups in total. The summed E-state index contributed by atoms with van der Waals surface area (Å²) in [5.41, 5.74) is 2.17. The van der Waals surface area contributed by atoms with Crippen LogP contribution in [0.25, 0.3) is 0 Å². The third kappa shape index (κ3) is 1.64. The van der Waals surface area contributed by atoms with Crippen molar-refractivity contribution in [3.05, 3.63) is 34.6 Å². The first kappa shape index (κ1) is 9.20. The topological polar surface area (TPSA) is 20.2 Å². The first-order valence-corrected chi connectivity index (χ1v) is 3.97. The Kier molecular flexibility index (Phi) is 2.48. The molecule has 0 amide bonds. The van der Waals surface area contributed by atoms with Crippen LogP contribution in [0.3, 0.4) is 0 Å². The van der Waals surface area contributed by atoms with Crippen LogP contribution in [0.4, 0.5) is 4.39 Å². The second kappa shape index (κ2) is 3.23. The maximum absolute atomic E-state index is 13.1. The van der Waals surface area contributed by atoms with Crippen LogP contribution in [0.15, 0.2) is 12.1 Å². The molecule has 0 heterocycles. The number of aryl methyl sites for hydroxylation is 1. The van der Waals surface area contributed by atoms with Crippen LogP contribution in [0.5, 0.6) is 0 Å². The van der Waals surface area contributed by atoms with Crippen molar-refractivity contribution in [1.82, 2.24) is 0 Å². The number of halogens is 1. The predicted octanol–water partition coefficient (Wildman–Crippen LogP) is 2.50. The molecule has 0 saturated heterocycles. The quantitative estimate of drug-likeness (QED) is 0.683. The maximum Gasteiger partial charge on any atom is 0.126 e. The van der Waals surface area contributed by atoms with Crippen LogP contribution in [0.1, 0.15) is 29.7 Å². The molecule has 0 spiro atoms. The van der Waals surface area contributed by atoms with E-state index in [1.165, 1.54) is 6.07 Å². The lowest BCUT2D eigenvalue weighted by Gasteiger charge is -2.08. The second-order valence-corrected chi connectivity index (χ2v) is 3.12. The van der Waals surface area contributed by atoms with Gasteiger partial charge in [-0.1, -0.05) is 6.07 Å². The molecule has 0 radical (unpaired) electrons. The van der Waals surface area contributed by atoms with Crippen LogP contribution >= 0.6 is 0 Å². The molecule has 1 aromatic rings. The third-order valence-corrected chi connectivity index (χ3v) is 2.11. The summed E-state index contributed by atoms with van der Waals surface area (Å²) in [6.07, 6.45) is -0.598. The van der Waals surface area contributed by atoms with Crippen LogP contribution in [0, 0.1) is 19.7 Å². The highest BCUT2D eigenvalue weighted by Gasteiger charge is 2.06. The van der Waals surface area contributed by atoms with Gasteiger partial charge in [-0.2, -0.15) is 0 Å². The molecule has 0 bridgehead atoms. The highest BCUT2D eigenvalue weighted by atomic mass is 19.1. The van der Waals surface area contributed by atoms with Gasteiger partial charge in [0.25, 0.3) is 0 Å². The van der Waals surface area contributed by atoms with Gasteiger partial charge >= 0.3 is 0 Å². The van der Waals surface area contributed by atoms with E-state index < -0.39 is 6.10 Å². The van der Waals surface area contributed by atoms with Crippen LogP contribution < -0.4 is 0 Å². The van der Waals surface area contributed by atoms with E-state index in [1.807, 2.05) is 13.0 Å². The Hall–Kier alpha value is -0.890. The SMILES string of the molecule is Cc1cc(C(C)O)cc(F)c1C. The summed E-state index contributed by atoms with van der Waals surface area (Å²) in [5, 5.41) is 9.20. The molecule has 1 rings (SSSR count). The van der Waals surface area contributed by atoms with Crippen LogP contribution in [0.2, 0.25) is 0 Å². The Bertz CT molecular complexity index is 269. The van der Waals surface area contributed by atoms with Crippen molar-refractivity contribution in [2.75, 3.05) is 0 Å². The lowest BCUT2D eigenvalue weighted by atomic mass is 10.0. The summed E-state index contributed by atoms with van der Waals surface area (Å²) >= 11 is 0. The highest BCUT2D eigenvalue weighted by Crippen LogP contribution is 2.19. The fourth-order valence-electron chi connectivity index (χ4n) is 1.08. The van der Waals surface area contributed by atoms with Gasteiger partial charge in [-0.3, -0.25) is 0 Å². The Balaban J connectivity index is 3.21. The monoisotopic (exact) mass is 168 g/mol. The van der Waals surface area contributed by atoms with Crippen molar-refractivity contribution in [2.24, 2.45) is 0 Å². The molecule has 0 aliphatic rings. The van der Waals surface area contributed by atoms with Gasteiger partial charge in [0, 0.05) is 0 Å². The minimum absolute atomic E-state index is 0.245. The zero-order valence-electron chi connectivity index (χ0n) is 7.56. The largest absolute Gasteiger partial charge is 0.389 e. The molecule has 0 aromatic heterocycles. The van der Waals surface area contributed by atoms with E-state index in [9.17, 15) is 9.50 Å². The molecular formula is C10H13FO. The Labute approximate surface area is 71.9 Å². The molecule has 1 atom stereocenters. The number of benzene rings is 1. The lowest BCUT2D eigenvalue weighted by molar-refractivity contribution is 0.198. The zero-order chi connectivity index (χ0) is 9.30. The first-order chi connectivity index (χ1) is 5.52. The molecule has 0 fully saturated rings. The lowest BCUT2D eigenvalue weighted by Crippen LogP contribution is -1.96. The number of aliphatic hydroxyl groups is 1. The average molecular weight is 168 g/mol. The number of rotatable bonds is 1. The molecular weight excluding hydrogens is 155 g/mol. The summed E-state index contributed by atoms with van der Waals surface area (Å²) in [6, 6.07) is 3.19. The molecule has 12 heavy (non-hydrogen) atoms. The first-order valence-electron chi connectivity index (χ1n) is 3.97. The fourth-order valence-corrected chi connectivity index (χ4v) is 1.08. The van der Waals surface area contributed by atoms with Gasteiger partial charge in [0.15, 0.2) is 0 Å². The molecule has 0 aliphatic carbocycles. The van der Waals surface area contributed by atoms with Crippen molar-refractivity contribution < 1.29 is 9.50 Å². The summed E-state index contributed by atoms with van der Waals surface area (Å²) in [4.78, 5) is 0. The van der Waals surface area contributed by atoms with E-state index in [4.69, 9.17) is 0 Å². The van der Waals surface area contributed by atoms with Crippen molar-refractivity contribution in [3.8, 4) is 0 Å². The highest BCUT2D eigenvalue weighted by molar-refractivity contribution is 5.32. The summed E-state index contributed by atoms with van der Waals surface area (Å²) in [7, 11) is 0. The summed E-state index contributed by atoms with van der Waals surface area (Å²) in [6.45, 7) is 5.20. The van der Waals surface area contributed by atoms with Crippen LogP contribution in [-0.2, 0) is 0 Å². The van der Waals surface area contributed by atoms with Crippen molar-refractivity contribution in [3.63, 3.8) is 0 Å². The van der Waals surface area contributed by atoms with E-state index in [1.54, 1.807) is 13.8 Å². The van der Waals surface area contributed by atoms with Crippen molar-refractivity contribution >= 4 is 0 Å². The minimum atomic E-state index is -0.598. The van der Waals surface area contributed by atoms with Gasteiger partial charge in [0.05, 0.1) is 6.10 Å². The van der Waals surface area contributed by atoms with Gasteiger partial charge in [0.2, 0.25) is 0 Å². The van der Waals surface area contributed by atoms with E-state index in [0.29, 0.717) is 11.1 Å². The Morgan fingerprint density at radius 2 is 1.92 bits per heavy atom. The smallest absolute Gasteiger partial charge is 0.126 e. The van der Waals surface area contributed by atoms with Crippen molar-refractivity contribution in [1.29, 1.82) is 0 Å². The average Bonchev–Trinajstić information content (AvgIpc) is 1.99. The molecule has 0 saturated carbocycles. The van der Waals surface area contributed by atoms with E-state index in [-0.39, 0.29) is 5.82 Å². The van der Waals surface area contributed by atoms with Gasteiger partial charge in [-0.15, -0.1) is 0 Å². The molecule has 1 nitrogen and oxygen atoms in total. The molecule has 1 unspecified atom stereocenters. The predicted molar refractivity (Wildman–Crippen MR) is 46.5 cm³/mol. The Morgan fingerprint density at radius 1 is 1.33 bits per heavy atom. The standard InChI is InChI=1S/C10H13FO/c1-6-4-9(8(3)12)5-10(11)7(6)2/h4-5,8,12H,1-3H3. The third-order valence-electron chi connectivity index (χ3n) is 2.11. The van der Waals surface area contributed by atoms with E-state index in [0.717, 1.165) is 5.56 Å². The van der Waals surface area contributed by atoms with Gasteiger partial charge < -0.3 is 5.11 Å². The van der Waals surface area contributed by atoms with Gasteiger partial charge in [0.1, 0.15) is 5.82 Å². The minimum Gasteiger partial charge on any atom is -0.389 e. The van der Waals surface area contributed by atoms with Crippen LogP contribution in [-0.4, -0.2) is 5.11 Å².